The van der Waals surface area contributed by atoms with Crippen molar-refractivity contribution in [3.05, 3.63) is 17.7 Å². The van der Waals surface area contributed by atoms with E-state index in [2.05, 4.69) is 5.32 Å². The van der Waals surface area contributed by atoms with Gasteiger partial charge in [-0.15, -0.1) is 0 Å². The molecule has 1 atom stereocenters. The highest BCUT2D eigenvalue weighted by Crippen LogP contribution is 2.38. The second kappa shape index (κ2) is 7.17. The van der Waals surface area contributed by atoms with Gasteiger partial charge in [0.25, 0.3) is 0 Å². The van der Waals surface area contributed by atoms with E-state index >= 15 is 0 Å². The van der Waals surface area contributed by atoms with Crippen LogP contribution in [0.4, 0.5) is 0 Å². The van der Waals surface area contributed by atoms with E-state index in [-0.39, 0.29) is 18.7 Å². The molecule has 0 aromatic heterocycles. The van der Waals surface area contributed by atoms with Crippen molar-refractivity contribution in [1.29, 1.82) is 0 Å². The van der Waals surface area contributed by atoms with Crippen molar-refractivity contribution >= 4 is 5.91 Å². The van der Waals surface area contributed by atoms with Gasteiger partial charge in [-0.05, 0) is 31.9 Å². The van der Waals surface area contributed by atoms with Crippen LogP contribution in [-0.4, -0.2) is 31.9 Å². The molecule has 3 N–H and O–H groups in total. The van der Waals surface area contributed by atoms with E-state index in [1.165, 1.54) is 0 Å². The number of fused-ring (bicyclic) bond motifs is 1. The van der Waals surface area contributed by atoms with Crippen molar-refractivity contribution in [1.82, 2.24) is 5.32 Å². The van der Waals surface area contributed by atoms with Crippen molar-refractivity contribution in [3.8, 4) is 17.2 Å². The molecule has 1 aliphatic heterocycles. The maximum absolute atomic E-state index is 11.4. The molecule has 1 aromatic rings. The molecule has 1 aliphatic rings. The second-order valence-corrected chi connectivity index (χ2v) is 5.05. The minimum atomic E-state index is -0.0213. The summed E-state index contributed by atoms with van der Waals surface area (Å²) in [6, 6.07) is 3.71. The normalized spacial score (nSPS) is 13.9. The highest BCUT2D eigenvalue weighted by Gasteiger charge is 2.18. The Bertz CT molecular complexity index is 503. The maximum Gasteiger partial charge on any atom is 0.231 e. The number of amides is 1. The Balaban J connectivity index is 2.04. The van der Waals surface area contributed by atoms with Crippen LogP contribution in [0.25, 0.3) is 0 Å². The summed E-state index contributed by atoms with van der Waals surface area (Å²) in [5.41, 5.74) is 6.83. The SMILES string of the molecule is CCNC(=O)CCOc1cc2c(cc1CC(C)N)OCO2. The lowest BCUT2D eigenvalue weighted by Crippen LogP contribution is -2.24. The number of hydrogen-bond donors (Lipinski definition) is 2. The van der Waals surface area contributed by atoms with Crippen LogP contribution in [0.5, 0.6) is 17.2 Å². The minimum absolute atomic E-state index is 0.0103. The van der Waals surface area contributed by atoms with E-state index in [9.17, 15) is 4.79 Å². The summed E-state index contributed by atoms with van der Waals surface area (Å²) in [7, 11) is 0. The van der Waals surface area contributed by atoms with Gasteiger partial charge in [0.15, 0.2) is 11.5 Å². The Morgan fingerprint density at radius 1 is 1.43 bits per heavy atom. The third-order valence-electron chi connectivity index (χ3n) is 3.06. The molecule has 0 spiro atoms. The van der Waals surface area contributed by atoms with Crippen molar-refractivity contribution in [2.45, 2.75) is 32.7 Å². The van der Waals surface area contributed by atoms with Crippen LogP contribution in [0.3, 0.4) is 0 Å². The van der Waals surface area contributed by atoms with Gasteiger partial charge in [0.05, 0.1) is 13.0 Å². The smallest absolute Gasteiger partial charge is 0.231 e. The molecule has 0 radical (unpaired) electrons. The molecule has 1 heterocycles. The first-order valence-electron chi connectivity index (χ1n) is 7.17. The fourth-order valence-corrected chi connectivity index (χ4v) is 2.15. The zero-order chi connectivity index (χ0) is 15.2. The Labute approximate surface area is 124 Å². The predicted octanol–water partition coefficient (Wildman–Crippen LogP) is 1.21. The zero-order valence-electron chi connectivity index (χ0n) is 12.5. The fourth-order valence-electron chi connectivity index (χ4n) is 2.15. The molecule has 0 saturated carbocycles. The van der Waals surface area contributed by atoms with Gasteiger partial charge < -0.3 is 25.3 Å². The standard InChI is InChI=1S/C15H22N2O4/c1-3-17-15(18)4-5-19-12-8-14-13(20-9-21-14)7-11(12)6-10(2)16/h7-8,10H,3-6,9,16H2,1-2H3,(H,17,18). The Kier molecular flexibility index (Phi) is 5.27. The Morgan fingerprint density at radius 2 is 2.14 bits per heavy atom. The number of carbonyl (C=O) groups is 1. The van der Waals surface area contributed by atoms with Gasteiger partial charge >= 0.3 is 0 Å². The fraction of sp³-hybridized carbons (Fsp3) is 0.533. The monoisotopic (exact) mass is 294 g/mol. The number of hydrogen-bond acceptors (Lipinski definition) is 5. The number of ether oxygens (including phenoxy) is 3. The van der Waals surface area contributed by atoms with Gasteiger partial charge in [-0.1, -0.05) is 0 Å². The van der Waals surface area contributed by atoms with Gasteiger partial charge in [-0.2, -0.15) is 0 Å². The lowest BCUT2D eigenvalue weighted by atomic mass is 10.1. The number of benzene rings is 1. The molecule has 0 fully saturated rings. The summed E-state index contributed by atoms with van der Waals surface area (Å²) >= 11 is 0. The van der Waals surface area contributed by atoms with Crippen LogP contribution in [0.15, 0.2) is 12.1 Å². The van der Waals surface area contributed by atoms with Gasteiger partial charge in [0.1, 0.15) is 5.75 Å². The van der Waals surface area contributed by atoms with E-state index in [1.54, 1.807) is 6.07 Å². The molecule has 6 heteroatoms. The quantitative estimate of drug-likeness (QED) is 0.790. The summed E-state index contributed by atoms with van der Waals surface area (Å²) in [5, 5.41) is 2.74. The molecule has 116 valence electrons. The van der Waals surface area contributed by atoms with E-state index in [0.29, 0.717) is 43.2 Å². The van der Waals surface area contributed by atoms with Crippen molar-refractivity contribution in [2.24, 2.45) is 5.73 Å². The number of rotatable bonds is 7. The molecule has 1 aromatic carbocycles. The summed E-state index contributed by atoms with van der Waals surface area (Å²) in [6.07, 6.45) is 0.993. The van der Waals surface area contributed by atoms with Crippen LogP contribution in [0.2, 0.25) is 0 Å². The molecule has 0 bridgehead atoms. The largest absolute Gasteiger partial charge is 0.493 e. The third-order valence-corrected chi connectivity index (χ3v) is 3.06. The van der Waals surface area contributed by atoms with Gasteiger partial charge in [-0.25, -0.2) is 0 Å². The molecule has 0 aliphatic carbocycles. The van der Waals surface area contributed by atoms with Gasteiger partial charge in [-0.3, -0.25) is 4.79 Å². The summed E-state index contributed by atoms with van der Waals surface area (Å²) in [6.45, 7) is 4.98. The van der Waals surface area contributed by atoms with Gasteiger partial charge in [0, 0.05) is 18.7 Å². The Morgan fingerprint density at radius 3 is 2.81 bits per heavy atom. The second-order valence-electron chi connectivity index (χ2n) is 5.05. The van der Waals surface area contributed by atoms with Gasteiger partial charge in [0.2, 0.25) is 12.7 Å². The molecule has 2 rings (SSSR count). The molecular formula is C15H22N2O4. The summed E-state index contributed by atoms with van der Waals surface area (Å²) < 4.78 is 16.4. The van der Waals surface area contributed by atoms with E-state index in [4.69, 9.17) is 19.9 Å². The molecule has 6 nitrogen and oxygen atoms in total. The van der Waals surface area contributed by atoms with E-state index in [1.807, 2.05) is 19.9 Å². The minimum Gasteiger partial charge on any atom is -0.493 e. The average molecular weight is 294 g/mol. The first kappa shape index (κ1) is 15.4. The van der Waals surface area contributed by atoms with Crippen LogP contribution in [0, 0.1) is 0 Å². The maximum atomic E-state index is 11.4. The molecule has 21 heavy (non-hydrogen) atoms. The van der Waals surface area contributed by atoms with Crippen molar-refractivity contribution in [2.75, 3.05) is 19.9 Å². The average Bonchev–Trinajstić information content (AvgIpc) is 2.85. The number of carbonyl (C=O) groups excluding carboxylic acids is 1. The zero-order valence-corrected chi connectivity index (χ0v) is 12.5. The summed E-state index contributed by atoms with van der Waals surface area (Å²) in [4.78, 5) is 11.4. The first-order chi connectivity index (χ1) is 10.1. The predicted molar refractivity (Wildman–Crippen MR) is 78.7 cm³/mol. The summed E-state index contributed by atoms with van der Waals surface area (Å²) in [5.74, 6) is 2.05. The molecule has 0 saturated heterocycles. The lowest BCUT2D eigenvalue weighted by molar-refractivity contribution is -0.121. The van der Waals surface area contributed by atoms with Crippen molar-refractivity contribution in [3.63, 3.8) is 0 Å². The molecule has 1 unspecified atom stereocenters. The highest BCUT2D eigenvalue weighted by atomic mass is 16.7. The third kappa shape index (κ3) is 4.26. The van der Waals surface area contributed by atoms with Crippen LogP contribution in [-0.2, 0) is 11.2 Å². The first-order valence-corrected chi connectivity index (χ1v) is 7.17. The topological polar surface area (TPSA) is 82.8 Å². The highest BCUT2D eigenvalue weighted by molar-refractivity contribution is 5.75. The van der Waals surface area contributed by atoms with Crippen LogP contribution < -0.4 is 25.3 Å². The Hall–Kier alpha value is -1.95. The van der Waals surface area contributed by atoms with E-state index in [0.717, 1.165) is 5.56 Å². The van der Waals surface area contributed by atoms with E-state index < -0.39 is 0 Å². The van der Waals surface area contributed by atoms with Crippen molar-refractivity contribution < 1.29 is 19.0 Å². The lowest BCUT2D eigenvalue weighted by Gasteiger charge is -2.14. The molecule has 1 amide bonds. The van der Waals surface area contributed by atoms with Crippen LogP contribution >= 0.6 is 0 Å². The van der Waals surface area contributed by atoms with Crippen LogP contribution in [0.1, 0.15) is 25.8 Å². The number of nitrogens with two attached hydrogens (primary N) is 1. The number of nitrogens with one attached hydrogen (secondary N) is 1. The molecular weight excluding hydrogens is 272 g/mol.